The van der Waals surface area contributed by atoms with Crippen molar-refractivity contribution in [2.45, 2.75) is 44.8 Å². The van der Waals surface area contributed by atoms with Crippen molar-refractivity contribution in [3.05, 3.63) is 12.2 Å². The van der Waals surface area contributed by atoms with E-state index in [1.807, 2.05) is 0 Å². The Morgan fingerprint density at radius 1 is 1.69 bits per heavy atom. The molecule has 2 N–H and O–H groups in total. The van der Waals surface area contributed by atoms with Crippen molar-refractivity contribution in [3.63, 3.8) is 0 Å². The maximum absolute atomic E-state index is 5.61. The minimum atomic E-state index is 0.466. The molecule has 0 spiro atoms. The highest BCUT2D eigenvalue weighted by Gasteiger charge is 2.17. The van der Waals surface area contributed by atoms with Crippen molar-refractivity contribution in [2.24, 2.45) is 0 Å². The molecule has 2 atom stereocenters. The predicted octanol–water partition coefficient (Wildman–Crippen LogP) is 0.894. The summed E-state index contributed by atoms with van der Waals surface area (Å²) in [6.45, 7) is 4.08. The molecule has 1 aromatic rings. The van der Waals surface area contributed by atoms with Gasteiger partial charge in [-0.25, -0.2) is 4.98 Å². The summed E-state index contributed by atoms with van der Waals surface area (Å²) in [5.74, 6) is 0.941. The van der Waals surface area contributed by atoms with Crippen LogP contribution in [0.2, 0.25) is 0 Å². The van der Waals surface area contributed by atoms with Crippen LogP contribution in [0.15, 0.2) is 6.33 Å². The summed E-state index contributed by atoms with van der Waals surface area (Å²) < 4.78 is 5.61. The number of ether oxygens (including phenoxy) is 1. The Hall–Kier alpha value is -0.940. The molecule has 1 aliphatic rings. The summed E-state index contributed by atoms with van der Waals surface area (Å²) in [6.07, 6.45) is 6.45. The fraction of sp³-hybridized carbons (Fsp3) is 0.818. The predicted molar refractivity (Wildman–Crippen MR) is 61.1 cm³/mol. The second kappa shape index (κ2) is 5.96. The third-order valence-electron chi connectivity index (χ3n) is 2.96. The van der Waals surface area contributed by atoms with Crippen LogP contribution in [0.3, 0.4) is 0 Å². The highest BCUT2D eigenvalue weighted by Crippen LogP contribution is 2.16. The fourth-order valence-corrected chi connectivity index (χ4v) is 2.10. The first kappa shape index (κ1) is 11.5. The van der Waals surface area contributed by atoms with Crippen molar-refractivity contribution in [1.82, 2.24) is 20.5 Å². The number of aromatic amines is 1. The smallest absolute Gasteiger partial charge is 0.137 e. The molecule has 5 nitrogen and oxygen atoms in total. The van der Waals surface area contributed by atoms with Gasteiger partial charge in [0.25, 0.3) is 0 Å². The van der Waals surface area contributed by atoms with Gasteiger partial charge in [0.15, 0.2) is 0 Å². The van der Waals surface area contributed by atoms with Gasteiger partial charge in [-0.3, -0.25) is 5.10 Å². The molecule has 2 heterocycles. The number of hydrogen-bond donors (Lipinski definition) is 2. The van der Waals surface area contributed by atoms with Crippen molar-refractivity contribution in [1.29, 1.82) is 0 Å². The highest BCUT2D eigenvalue weighted by atomic mass is 16.5. The Morgan fingerprint density at radius 3 is 3.31 bits per heavy atom. The lowest BCUT2D eigenvalue weighted by molar-refractivity contribution is 0.0964. The molecule has 0 bridgehead atoms. The molecule has 1 aliphatic heterocycles. The second-order valence-corrected chi connectivity index (χ2v) is 4.41. The summed E-state index contributed by atoms with van der Waals surface area (Å²) in [6, 6.07) is 0.506. The molecule has 0 saturated carbocycles. The molecule has 1 saturated heterocycles. The van der Waals surface area contributed by atoms with E-state index in [2.05, 4.69) is 27.4 Å². The topological polar surface area (TPSA) is 62.8 Å². The van der Waals surface area contributed by atoms with Gasteiger partial charge in [-0.2, -0.15) is 5.10 Å². The van der Waals surface area contributed by atoms with Gasteiger partial charge in [-0.15, -0.1) is 0 Å². The molecule has 1 aromatic heterocycles. The van der Waals surface area contributed by atoms with Crippen LogP contribution in [0, 0.1) is 0 Å². The van der Waals surface area contributed by atoms with E-state index >= 15 is 0 Å². The fourth-order valence-electron chi connectivity index (χ4n) is 2.10. The molecule has 16 heavy (non-hydrogen) atoms. The van der Waals surface area contributed by atoms with Gasteiger partial charge in [0.2, 0.25) is 0 Å². The van der Waals surface area contributed by atoms with E-state index < -0.39 is 0 Å². The Balaban J connectivity index is 1.58. The molecular formula is C11H20N4O. The minimum Gasteiger partial charge on any atom is -0.378 e. The normalized spacial score (nSPS) is 22.4. The van der Waals surface area contributed by atoms with Crippen LogP contribution in [0.1, 0.15) is 32.0 Å². The summed E-state index contributed by atoms with van der Waals surface area (Å²) in [5.41, 5.74) is 0. The number of hydrogen-bond acceptors (Lipinski definition) is 4. The van der Waals surface area contributed by atoms with Crippen LogP contribution in [0.5, 0.6) is 0 Å². The van der Waals surface area contributed by atoms with Crippen LogP contribution in [0.25, 0.3) is 0 Å². The Kier molecular flexibility index (Phi) is 4.30. The molecule has 0 radical (unpaired) electrons. The number of nitrogens with one attached hydrogen (secondary N) is 2. The minimum absolute atomic E-state index is 0.466. The van der Waals surface area contributed by atoms with E-state index in [-0.39, 0.29) is 0 Å². The zero-order valence-electron chi connectivity index (χ0n) is 9.78. The van der Waals surface area contributed by atoms with E-state index in [0.29, 0.717) is 12.1 Å². The van der Waals surface area contributed by atoms with Gasteiger partial charge in [0.05, 0.1) is 6.10 Å². The first-order valence-electron chi connectivity index (χ1n) is 6.04. The van der Waals surface area contributed by atoms with Crippen LogP contribution in [0.4, 0.5) is 0 Å². The van der Waals surface area contributed by atoms with Crippen molar-refractivity contribution < 1.29 is 4.74 Å². The lowest BCUT2D eigenvalue weighted by Gasteiger charge is -2.17. The standard InChI is InChI=1S/C11H20N4O/c1-9(7-10-3-2-6-16-10)12-5-4-11-13-8-14-15-11/h8-10,12H,2-7H2,1H3,(H,13,14,15). The van der Waals surface area contributed by atoms with E-state index in [1.54, 1.807) is 6.33 Å². The lowest BCUT2D eigenvalue weighted by Crippen LogP contribution is -2.31. The number of nitrogens with zero attached hydrogens (tertiary/aromatic N) is 2. The maximum Gasteiger partial charge on any atom is 0.137 e. The zero-order chi connectivity index (χ0) is 11.2. The van der Waals surface area contributed by atoms with Crippen LogP contribution in [-0.4, -0.2) is 40.5 Å². The molecule has 5 heteroatoms. The number of H-pyrrole nitrogens is 1. The first-order valence-corrected chi connectivity index (χ1v) is 6.04. The van der Waals surface area contributed by atoms with Gasteiger partial charge in [-0.1, -0.05) is 0 Å². The summed E-state index contributed by atoms with van der Waals surface area (Å²) in [4.78, 5) is 4.09. The highest BCUT2D eigenvalue weighted by molar-refractivity contribution is 4.81. The second-order valence-electron chi connectivity index (χ2n) is 4.41. The molecule has 1 fully saturated rings. The van der Waals surface area contributed by atoms with Gasteiger partial charge < -0.3 is 10.1 Å². The molecule has 90 valence electrons. The molecule has 2 rings (SSSR count). The molecule has 2 unspecified atom stereocenters. The summed E-state index contributed by atoms with van der Waals surface area (Å²) >= 11 is 0. The van der Waals surface area contributed by atoms with E-state index in [1.165, 1.54) is 12.8 Å². The molecule has 0 aromatic carbocycles. The van der Waals surface area contributed by atoms with Gasteiger partial charge in [0.1, 0.15) is 12.2 Å². The summed E-state index contributed by atoms with van der Waals surface area (Å²) in [7, 11) is 0. The quantitative estimate of drug-likeness (QED) is 0.753. The SMILES string of the molecule is CC(CC1CCCO1)NCCc1ncn[nH]1. The van der Waals surface area contributed by atoms with Gasteiger partial charge >= 0.3 is 0 Å². The average Bonchev–Trinajstić information content (AvgIpc) is 2.90. The number of aromatic nitrogens is 3. The van der Waals surface area contributed by atoms with E-state index in [9.17, 15) is 0 Å². The van der Waals surface area contributed by atoms with Crippen LogP contribution < -0.4 is 5.32 Å². The van der Waals surface area contributed by atoms with Crippen LogP contribution in [-0.2, 0) is 11.2 Å². The van der Waals surface area contributed by atoms with E-state index in [4.69, 9.17) is 4.74 Å². The molecule has 0 amide bonds. The maximum atomic E-state index is 5.61. The van der Waals surface area contributed by atoms with Gasteiger partial charge in [-0.05, 0) is 26.2 Å². The lowest BCUT2D eigenvalue weighted by atomic mass is 10.1. The van der Waals surface area contributed by atoms with Crippen molar-refractivity contribution in [2.75, 3.05) is 13.2 Å². The average molecular weight is 224 g/mol. The van der Waals surface area contributed by atoms with E-state index in [0.717, 1.165) is 31.8 Å². The summed E-state index contributed by atoms with van der Waals surface area (Å²) in [5, 5.41) is 10.2. The molecule has 0 aliphatic carbocycles. The Labute approximate surface area is 96.0 Å². The van der Waals surface area contributed by atoms with Crippen molar-refractivity contribution >= 4 is 0 Å². The zero-order valence-corrected chi connectivity index (χ0v) is 9.78. The number of rotatable bonds is 6. The van der Waals surface area contributed by atoms with Crippen LogP contribution >= 0.6 is 0 Å². The molecular weight excluding hydrogens is 204 g/mol. The van der Waals surface area contributed by atoms with Gasteiger partial charge in [0, 0.05) is 25.6 Å². The largest absolute Gasteiger partial charge is 0.378 e. The Morgan fingerprint density at radius 2 is 2.62 bits per heavy atom. The van der Waals surface area contributed by atoms with Crippen molar-refractivity contribution in [3.8, 4) is 0 Å². The first-order chi connectivity index (χ1) is 7.84. The Bertz CT molecular complexity index is 282. The third kappa shape index (κ3) is 3.57. The monoisotopic (exact) mass is 224 g/mol. The third-order valence-corrected chi connectivity index (χ3v) is 2.96.